The first-order valence-electron chi connectivity index (χ1n) is 3.95. The Kier molecular flexibility index (Phi) is 2.80. The van der Waals surface area contributed by atoms with Gasteiger partial charge in [0, 0.05) is 13.2 Å². The summed E-state index contributed by atoms with van der Waals surface area (Å²) in [5.41, 5.74) is 1.51. The van der Waals surface area contributed by atoms with Gasteiger partial charge in [-0.2, -0.15) is 0 Å². The number of amides is 1. The Morgan fingerprint density at radius 3 is 3.00 bits per heavy atom. The molecule has 0 bridgehead atoms. The molecule has 0 aromatic carbocycles. The van der Waals surface area contributed by atoms with Crippen molar-refractivity contribution in [1.82, 2.24) is 10.3 Å². The first kappa shape index (κ1) is 8.71. The zero-order chi connectivity index (χ0) is 8.97. The van der Waals surface area contributed by atoms with Crippen LogP contribution in [-0.4, -0.2) is 17.9 Å². The summed E-state index contributed by atoms with van der Waals surface area (Å²) >= 11 is 0. The molecule has 1 aromatic rings. The van der Waals surface area contributed by atoms with Gasteiger partial charge in [-0.3, -0.25) is 9.78 Å². The lowest BCUT2D eigenvalue weighted by Gasteiger charge is -2.03. The highest BCUT2D eigenvalue weighted by atomic mass is 16.1. The second kappa shape index (κ2) is 3.85. The van der Waals surface area contributed by atoms with Crippen molar-refractivity contribution in [3.8, 4) is 0 Å². The van der Waals surface area contributed by atoms with Gasteiger partial charge < -0.3 is 5.32 Å². The fraction of sp³-hybridized carbons (Fsp3) is 0.333. The van der Waals surface area contributed by atoms with Gasteiger partial charge in [-0.15, -0.1) is 0 Å². The maximum atomic E-state index is 11.2. The minimum atomic E-state index is -0.0695. The van der Waals surface area contributed by atoms with E-state index in [1.54, 1.807) is 25.4 Å². The average Bonchev–Trinajstić information content (AvgIpc) is 2.16. The molecule has 12 heavy (non-hydrogen) atoms. The van der Waals surface area contributed by atoms with Crippen molar-refractivity contribution in [3.63, 3.8) is 0 Å². The first-order chi connectivity index (χ1) is 5.79. The normalized spacial score (nSPS) is 9.50. The van der Waals surface area contributed by atoms with Crippen LogP contribution in [0.25, 0.3) is 0 Å². The summed E-state index contributed by atoms with van der Waals surface area (Å²) in [6, 6.07) is 3.55. The van der Waals surface area contributed by atoms with Crippen molar-refractivity contribution in [3.05, 3.63) is 29.6 Å². The number of carbonyl (C=O) groups excluding carboxylic acids is 1. The highest BCUT2D eigenvalue weighted by molar-refractivity contribution is 5.94. The summed E-state index contributed by atoms with van der Waals surface area (Å²) in [6.45, 7) is 1.98. The number of hydrogen-bond acceptors (Lipinski definition) is 2. The third-order valence-electron chi connectivity index (χ3n) is 1.70. The van der Waals surface area contributed by atoms with Crippen LogP contribution in [0.2, 0.25) is 0 Å². The largest absolute Gasteiger partial charge is 0.355 e. The molecule has 3 heteroatoms. The number of rotatable bonds is 2. The number of hydrogen-bond donors (Lipinski definition) is 1. The maximum Gasteiger partial charge on any atom is 0.252 e. The molecule has 1 heterocycles. The fourth-order valence-electron chi connectivity index (χ4n) is 1.06. The molecule has 1 amide bonds. The van der Waals surface area contributed by atoms with E-state index in [4.69, 9.17) is 0 Å². The van der Waals surface area contributed by atoms with Crippen molar-refractivity contribution in [2.24, 2.45) is 0 Å². The number of aromatic nitrogens is 1. The van der Waals surface area contributed by atoms with Crippen molar-refractivity contribution in [1.29, 1.82) is 0 Å². The summed E-state index contributed by atoms with van der Waals surface area (Å²) in [5, 5.41) is 2.58. The average molecular weight is 164 g/mol. The summed E-state index contributed by atoms with van der Waals surface area (Å²) in [5.74, 6) is -0.0695. The third kappa shape index (κ3) is 1.61. The van der Waals surface area contributed by atoms with Crippen LogP contribution in [0.3, 0.4) is 0 Å². The van der Waals surface area contributed by atoms with E-state index in [9.17, 15) is 4.79 Å². The molecule has 1 rings (SSSR count). The molecule has 3 nitrogen and oxygen atoms in total. The van der Waals surface area contributed by atoms with Crippen LogP contribution in [0.1, 0.15) is 23.0 Å². The number of aryl methyl sites for hydroxylation is 1. The molecule has 64 valence electrons. The quantitative estimate of drug-likeness (QED) is 0.708. The fourth-order valence-corrected chi connectivity index (χ4v) is 1.06. The molecule has 0 saturated carbocycles. The maximum absolute atomic E-state index is 11.2. The molecule has 0 radical (unpaired) electrons. The van der Waals surface area contributed by atoms with Gasteiger partial charge in [0.05, 0.1) is 11.3 Å². The van der Waals surface area contributed by atoms with Gasteiger partial charge >= 0.3 is 0 Å². The molecular weight excluding hydrogens is 152 g/mol. The van der Waals surface area contributed by atoms with Gasteiger partial charge in [-0.1, -0.05) is 6.92 Å². The summed E-state index contributed by atoms with van der Waals surface area (Å²) in [7, 11) is 1.62. The van der Waals surface area contributed by atoms with Crippen LogP contribution in [0.4, 0.5) is 0 Å². The van der Waals surface area contributed by atoms with Crippen molar-refractivity contribution in [2.75, 3.05) is 7.05 Å². The predicted molar refractivity (Wildman–Crippen MR) is 47.0 cm³/mol. The predicted octanol–water partition coefficient (Wildman–Crippen LogP) is 1.00. The lowest BCUT2D eigenvalue weighted by Crippen LogP contribution is -2.19. The summed E-state index contributed by atoms with van der Waals surface area (Å²) in [4.78, 5) is 15.3. The molecule has 1 N–H and O–H groups in total. The molecule has 0 aliphatic rings. The Hall–Kier alpha value is -1.38. The summed E-state index contributed by atoms with van der Waals surface area (Å²) < 4.78 is 0. The molecular formula is C9H12N2O. The van der Waals surface area contributed by atoms with Crippen LogP contribution in [-0.2, 0) is 6.42 Å². The van der Waals surface area contributed by atoms with E-state index in [2.05, 4.69) is 10.3 Å². The topological polar surface area (TPSA) is 42.0 Å². The van der Waals surface area contributed by atoms with E-state index in [1.807, 2.05) is 6.92 Å². The molecule has 0 spiro atoms. The second-order valence-electron chi connectivity index (χ2n) is 2.43. The lowest BCUT2D eigenvalue weighted by atomic mass is 10.1. The Morgan fingerprint density at radius 2 is 2.42 bits per heavy atom. The number of pyridine rings is 1. The standard InChI is InChI=1S/C9H12N2O/c1-3-8-7(9(12)10-2)5-4-6-11-8/h4-6H,3H2,1-2H3,(H,10,12). The zero-order valence-electron chi connectivity index (χ0n) is 7.29. The monoisotopic (exact) mass is 164 g/mol. The minimum absolute atomic E-state index is 0.0695. The van der Waals surface area contributed by atoms with E-state index < -0.39 is 0 Å². The Labute approximate surface area is 71.8 Å². The summed E-state index contributed by atoms with van der Waals surface area (Å²) in [6.07, 6.45) is 2.48. The van der Waals surface area contributed by atoms with Gasteiger partial charge in [0.25, 0.3) is 5.91 Å². The van der Waals surface area contributed by atoms with E-state index in [1.165, 1.54) is 0 Å². The molecule has 0 aliphatic heterocycles. The van der Waals surface area contributed by atoms with Crippen LogP contribution < -0.4 is 5.32 Å². The van der Waals surface area contributed by atoms with Crippen LogP contribution in [0, 0.1) is 0 Å². The van der Waals surface area contributed by atoms with E-state index in [0.717, 1.165) is 12.1 Å². The first-order valence-corrected chi connectivity index (χ1v) is 3.95. The van der Waals surface area contributed by atoms with E-state index >= 15 is 0 Å². The smallest absolute Gasteiger partial charge is 0.252 e. The van der Waals surface area contributed by atoms with E-state index in [-0.39, 0.29) is 5.91 Å². The number of carbonyl (C=O) groups is 1. The van der Waals surface area contributed by atoms with Crippen LogP contribution in [0.15, 0.2) is 18.3 Å². The van der Waals surface area contributed by atoms with Crippen molar-refractivity contribution in [2.45, 2.75) is 13.3 Å². The third-order valence-corrected chi connectivity index (χ3v) is 1.70. The number of nitrogens with one attached hydrogen (secondary N) is 1. The second-order valence-corrected chi connectivity index (χ2v) is 2.43. The van der Waals surface area contributed by atoms with Crippen LogP contribution in [0.5, 0.6) is 0 Å². The highest BCUT2D eigenvalue weighted by Gasteiger charge is 2.07. The van der Waals surface area contributed by atoms with Gasteiger partial charge in [-0.05, 0) is 18.6 Å². The van der Waals surface area contributed by atoms with Crippen LogP contribution >= 0.6 is 0 Å². The molecule has 0 unspecified atom stereocenters. The lowest BCUT2D eigenvalue weighted by molar-refractivity contribution is 0.0961. The molecule has 0 fully saturated rings. The van der Waals surface area contributed by atoms with Crippen molar-refractivity contribution >= 4 is 5.91 Å². The number of nitrogens with zero attached hydrogens (tertiary/aromatic N) is 1. The van der Waals surface area contributed by atoms with Gasteiger partial charge in [0.15, 0.2) is 0 Å². The molecule has 0 atom stereocenters. The van der Waals surface area contributed by atoms with Crippen molar-refractivity contribution < 1.29 is 4.79 Å². The molecule has 1 aromatic heterocycles. The van der Waals surface area contributed by atoms with Gasteiger partial charge in [0.1, 0.15) is 0 Å². The Bertz CT molecular complexity index is 284. The highest BCUT2D eigenvalue weighted by Crippen LogP contribution is 2.04. The molecule has 0 aliphatic carbocycles. The Morgan fingerprint density at radius 1 is 1.67 bits per heavy atom. The minimum Gasteiger partial charge on any atom is -0.355 e. The SMILES string of the molecule is CCc1ncccc1C(=O)NC. The van der Waals surface area contributed by atoms with Gasteiger partial charge in [0.2, 0.25) is 0 Å². The molecule has 0 saturated heterocycles. The van der Waals surface area contributed by atoms with Gasteiger partial charge in [-0.25, -0.2) is 0 Å². The zero-order valence-corrected chi connectivity index (χ0v) is 7.29. The Balaban J connectivity index is 3.04. The van der Waals surface area contributed by atoms with E-state index in [0.29, 0.717) is 5.56 Å².